The third kappa shape index (κ3) is 4.51. The Morgan fingerprint density at radius 2 is 1.57 bits per heavy atom. The predicted molar refractivity (Wildman–Crippen MR) is 94.5 cm³/mol. The van der Waals surface area contributed by atoms with Crippen LogP contribution in [0.1, 0.15) is 42.4 Å². The molecule has 23 heavy (non-hydrogen) atoms. The van der Waals surface area contributed by atoms with Gasteiger partial charge in [-0.3, -0.25) is 0 Å². The Hall–Kier alpha value is -1.96. The molecule has 0 saturated heterocycles. The minimum Gasteiger partial charge on any atom is -0.494 e. The van der Waals surface area contributed by atoms with Crippen molar-refractivity contribution in [3.63, 3.8) is 0 Å². The van der Waals surface area contributed by atoms with Gasteiger partial charge in [-0.1, -0.05) is 24.3 Å². The lowest BCUT2D eigenvalue weighted by atomic mass is 9.92. The van der Waals surface area contributed by atoms with Crippen molar-refractivity contribution in [1.29, 1.82) is 0 Å². The summed E-state index contributed by atoms with van der Waals surface area (Å²) in [6.45, 7) is 3.59. The summed E-state index contributed by atoms with van der Waals surface area (Å²) in [5.41, 5.74) is 4.18. The zero-order valence-corrected chi connectivity index (χ0v) is 14.0. The van der Waals surface area contributed by atoms with Crippen molar-refractivity contribution in [2.45, 2.75) is 45.4 Å². The van der Waals surface area contributed by atoms with E-state index in [1.54, 1.807) is 0 Å². The van der Waals surface area contributed by atoms with Crippen LogP contribution < -0.4 is 9.47 Å². The molecule has 0 amide bonds. The normalized spacial score (nSPS) is 13.4. The molecule has 0 N–H and O–H groups in total. The quantitative estimate of drug-likeness (QED) is 0.661. The van der Waals surface area contributed by atoms with E-state index in [2.05, 4.69) is 31.2 Å². The number of unbranched alkanes of at least 4 members (excludes halogenated alkanes) is 1. The molecule has 2 aromatic rings. The van der Waals surface area contributed by atoms with E-state index in [1.165, 1.54) is 42.4 Å². The van der Waals surface area contributed by atoms with E-state index in [-0.39, 0.29) is 0 Å². The first-order valence-corrected chi connectivity index (χ1v) is 8.76. The highest BCUT2D eigenvalue weighted by Gasteiger charge is 2.09. The van der Waals surface area contributed by atoms with Crippen molar-refractivity contribution in [1.82, 2.24) is 0 Å². The highest BCUT2D eigenvalue weighted by Crippen LogP contribution is 2.25. The largest absolute Gasteiger partial charge is 0.494 e. The number of para-hydroxylation sites is 1. The Morgan fingerprint density at radius 1 is 0.826 bits per heavy atom. The summed E-state index contributed by atoms with van der Waals surface area (Å²) in [6.07, 6.45) is 7.10. The van der Waals surface area contributed by atoms with Gasteiger partial charge in [0.25, 0.3) is 0 Å². The Bertz CT molecular complexity index is 633. The molecule has 0 spiro atoms. The summed E-state index contributed by atoms with van der Waals surface area (Å²) in [5, 5.41) is 0. The molecule has 0 aromatic heterocycles. The molecule has 0 atom stereocenters. The fourth-order valence-corrected chi connectivity index (χ4v) is 3.09. The van der Waals surface area contributed by atoms with Crippen molar-refractivity contribution in [2.24, 2.45) is 0 Å². The highest BCUT2D eigenvalue weighted by molar-refractivity contribution is 5.37. The van der Waals surface area contributed by atoms with Crippen LogP contribution >= 0.6 is 0 Å². The van der Waals surface area contributed by atoms with Crippen LogP contribution in [-0.2, 0) is 12.8 Å². The zero-order valence-electron chi connectivity index (χ0n) is 14.0. The van der Waals surface area contributed by atoms with Gasteiger partial charge in [-0.05, 0) is 80.3 Å². The molecular formula is C21H26O2. The van der Waals surface area contributed by atoms with Crippen molar-refractivity contribution in [3.8, 4) is 11.5 Å². The Labute approximate surface area is 139 Å². The van der Waals surface area contributed by atoms with Gasteiger partial charge in [0.15, 0.2) is 0 Å². The average molecular weight is 310 g/mol. The van der Waals surface area contributed by atoms with Gasteiger partial charge in [-0.2, -0.15) is 0 Å². The molecule has 1 aliphatic carbocycles. The van der Waals surface area contributed by atoms with Gasteiger partial charge in [0.2, 0.25) is 0 Å². The average Bonchev–Trinajstić information content (AvgIpc) is 2.59. The summed E-state index contributed by atoms with van der Waals surface area (Å²) in [5.74, 6) is 2.01. The lowest BCUT2D eigenvalue weighted by Gasteiger charge is -2.16. The maximum atomic E-state index is 5.89. The number of hydrogen-bond donors (Lipinski definition) is 0. The van der Waals surface area contributed by atoms with E-state index in [0.29, 0.717) is 0 Å². The zero-order chi connectivity index (χ0) is 15.9. The molecule has 122 valence electrons. The smallest absolute Gasteiger partial charge is 0.122 e. The van der Waals surface area contributed by atoms with Gasteiger partial charge >= 0.3 is 0 Å². The second kappa shape index (κ2) is 8.05. The van der Waals surface area contributed by atoms with Crippen LogP contribution in [0.25, 0.3) is 0 Å². The summed E-state index contributed by atoms with van der Waals surface area (Å²) in [4.78, 5) is 0. The summed E-state index contributed by atoms with van der Waals surface area (Å²) in [7, 11) is 0. The van der Waals surface area contributed by atoms with Gasteiger partial charge < -0.3 is 9.47 Å². The second-order valence-corrected chi connectivity index (χ2v) is 6.31. The summed E-state index contributed by atoms with van der Waals surface area (Å²) < 4.78 is 11.7. The van der Waals surface area contributed by atoms with E-state index in [4.69, 9.17) is 9.47 Å². The maximum absolute atomic E-state index is 5.89. The minimum absolute atomic E-state index is 0.748. The number of ether oxygens (including phenoxy) is 2. The van der Waals surface area contributed by atoms with E-state index < -0.39 is 0 Å². The first-order valence-electron chi connectivity index (χ1n) is 8.76. The van der Waals surface area contributed by atoms with Gasteiger partial charge in [0.1, 0.15) is 11.5 Å². The topological polar surface area (TPSA) is 18.5 Å². The second-order valence-electron chi connectivity index (χ2n) is 6.31. The fraction of sp³-hybridized carbons (Fsp3) is 0.429. The molecular weight excluding hydrogens is 284 g/mol. The molecule has 1 aliphatic rings. The first kappa shape index (κ1) is 15.9. The summed E-state index contributed by atoms with van der Waals surface area (Å²) in [6, 6.07) is 14.8. The number of fused-ring (bicyclic) bond motifs is 1. The molecule has 2 aromatic carbocycles. The standard InChI is InChI=1S/C21H26O2/c1-17-8-2-5-11-21(17)23-15-7-6-14-22-20-13-12-18-9-3-4-10-19(18)16-20/h2,5,8,11-13,16H,3-4,6-7,9-10,14-15H2,1H3. The Morgan fingerprint density at radius 3 is 2.39 bits per heavy atom. The number of benzene rings is 2. The van der Waals surface area contributed by atoms with Crippen molar-refractivity contribution < 1.29 is 9.47 Å². The van der Waals surface area contributed by atoms with E-state index >= 15 is 0 Å². The first-order chi connectivity index (χ1) is 11.3. The molecule has 2 heteroatoms. The molecule has 0 unspecified atom stereocenters. The van der Waals surface area contributed by atoms with Gasteiger partial charge in [-0.15, -0.1) is 0 Å². The Kier molecular flexibility index (Phi) is 5.57. The van der Waals surface area contributed by atoms with Crippen LogP contribution in [0.4, 0.5) is 0 Å². The molecule has 0 radical (unpaired) electrons. The molecule has 0 saturated carbocycles. The van der Waals surface area contributed by atoms with Gasteiger partial charge in [-0.25, -0.2) is 0 Å². The SMILES string of the molecule is Cc1ccccc1OCCCCOc1ccc2c(c1)CCCC2. The Balaban J connectivity index is 1.36. The molecule has 0 heterocycles. The van der Waals surface area contributed by atoms with Crippen LogP contribution in [0.5, 0.6) is 11.5 Å². The van der Waals surface area contributed by atoms with Gasteiger partial charge in [0.05, 0.1) is 13.2 Å². The third-order valence-electron chi connectivity index (χ3n) is 4.48. The van der Waals surface area contributed by atoms with E-state index in [1.807, 2.05) is 18.2 Å². The molecule has 3 rings (SSSR count). The molecule has 0 bridgehead atoms. The number of rotatable bonds is 7. The van der Waals surface area contributed by atoms with Crippen LogP contribution in [-0.4, -0.2) is 13.2 Å². The lowest BCUT2D eigenvalue weighted by molar-refractivity contribution is 0.265. The monoisotopic (exact) mass is 310 g/mol. The van der Waals surface area contributed by atoms with Crippen LogP contribution in [0.15, 0.2) is 42.5 Å². The number of hydrogen-bond acceptors (Lipinski definition) is 2. The van der Waals surface area contributed by atoms with Gasteiger partial charge in [0, 0.05) is 0 Å². The third-order valence-corrected chi connectivity index (χ3v) is 4.48. The van der Waals surface area contributed by atoms with Crippen molar-refractivity contribution >= 4 is 0 Å². The molecule has 0 fully saturated rings. The highest BCUT2D eigenvalue weighted by atomic mass is 16.5. The van der Waals surface area contributed by atoms with Crippen molar-refractivity contribution in [3.05, 3.63) is 59.2 Å². The van der Waals surface area contributed by atoms with Crippen molar-refractivity contribution in [2.75, 3.05) is 13.2 Å². The predicted octanol–water partition coefficient (Wildman–Crippen LogP) is 5.11. The van der Waals surface area contributed by atoms with E-state index in [0.717, 1.165) is 37.6 Å². The maximum Gasteiger partial charge on any atom is 0.122 e. The van der Waals surface area contributed by atoms with Crippen LogP contribution in [0.2, 0.25) is 0 Å². The van der Waals surface area contributed by atoms with E-state index in [9.17, 15) is 0 Å². The van der Waals surface area contributed by atoms with Crippen LogP contribution in [0.3, 0.4) is 0 Å². The number of aryl methyl sites for hydroxylation is 3. The fourth-order valence-electron chi connectivity index (χ4n) is 3.09. The lowest BCUT2D eigenvalue weighted by Crippen LogP contribution is -2.05. The molecule has 2 nitrogen and oxygen atoms in total. The molecule has 0 aliphatic heterocycles. The van der Waals surface area contributed by atoms with Crippen LogP contribution in [0, 0.1) is 6.92 Å². The summed E-state index contributed by atoms with van der Waals surface area (Å²) >= 11 is 0. The minimum atomic E-state index is 0.748.